The lowest BCUT2D eigenvalue weighted by atomic mass is 9.57. The van der Waals surface area contributed by atoms with Crippen LogP contribution in [0.25, 0.3) is 11.1 Å². The van der Waals surface area contributed by atoms with Gasteiger partial charge in [-0.3, -0.25) is 14.3 Å². The monoisotopic (exact) mass is 704 g/mol. The van der Waals surface area contributed by atoms with Crippen LogP contribution in [0, 0.1) is 5.92 Å². The van der Waals surface area contributed by atoms with Gasteiger partial charge in [0.25, 0.3) is 5.91 Å². The number of sulfone groups is 1. The maximum Gasteiger partial charge on any atom is 0.273 e. The van der Waals surface area contributed by atoms with Crippen LogP contribution in [0.15, 0.2) is 53.7 Å². The highest BCUT2D eigenvalue weighted by molar-refractivity contribution is 7.91. The minimum atomic E-state index is -3.53. The van der Waals surface area contributed by atoms with Gasteiger partial charge in [0.15, 0.2) is 26.4 Å². The van der Waals surface area contributed by atoms with Crippen molar-refractivity contribution in [2.24, 2.45) is 5.92 Å². The van der Waals surface area contributed by atoms with Crippen molar-refractivity contribution < 1.29 is 18.0 Å². The van der Waals surface area contributed by atoms with Crippen molar-refractivity contribution in [3.05, 3.63) is 65.7 Å². The van der Waals surface area contributed by atoms with Gasteiger partial charge in [-0.15, -0.1) is 10.2 Å². The molecule has 1 saturated carbocycles. The Morgan fingerprint density at radius 2 is 1.76 bits per heavy atom. The quantitative estimate of drug-likeness (QED) is 0.197. The first-order chi connectivity index (χ1) is 24.4. The molecule has 1 unspecified atom stereocenters. The van der Waals surface area contributed by atoms with E-state index >= 15 is 0 Å². The first kappa shape index (κ1) is 34.7. The van der Waals surface area contributed by atoms with Crippen molar-refractivity contribution in [2.75, 3.05) is 48.5 Å². The number of amides is 2. The van der Waals surface area contributed by atoms with Gasteiger partial charge in [0, 0.05) is 56.0 Å². The molecule has 2 amide bonds. The van der Waals surface area contributed by atoms with Gasteiger partial charge < -0.3 is 25.8 Å². The number of para-hydroxylation sites is 1. The number of fused-ring (bicyclic) bond motifs is 3. The largest absolute Gasteiger partial charge is 0.364 e. The van der Waals surface area contributed by atoms with Crippen molar-refractivity contribution in [1.82, 2.24) is 35.2 Å². The minimum absolute atomic E-state index is 0.0189. The van der Waals surface area contributed by atoms with Gasteiger partial charge in [0.1, 0.15) is 0 Å². The Labute approximate surface area is 299 Å². The Balaban J connectivity index is 1.18. The van der Waals surface area contributed by atoms with Gasteiger partial charge in [-0.1, -0.05) is 32.0 Å². The topological polar surface area (TPSA) is 167 Å². The van der Waals surface area contributed by atoms with Gasteiger partial charge in [-0.2, -0.15) is 5.10 Å². The zero-order valence-electron chi connectivity index (χ0n) is 28.9. The molecule has 3 aliphatic rings. The number of carbonyl (C=O) groups excluding carboxylic acids is 2. The van der Waals surface area contributed by atoms with Crippen molar-refractivity contribution in [1.29, 1.82) is 0 Å². The smallest absolute Gasteiger partial charge is 0.273 e. The maximum absolute atomic E-state index is 12.8. The van der Waals surface area contributed by atoms with Gasteiger partial charge >= 0.3 is 0 Å². The third-order valence-electron chi connectivity index (χ3n) is 9.95. The van der Waals surface area contributed by atoms with Gasteiger partial charge in [0.05, 0.1) is 62.5 Å². The van der Waals surface area contributed by atoms with Crippen LogP contribution in [0.5, 0.6) is 0 Å². The standard InChI is InChI=1S/C34H38B2N10O4S/c1-5-25-31-22(16-38-46(31)20-17-45(18-20)34(35,36)26-11-8-12-28(40-26)51(49,50)6-2)21-9-7-10-23(30(21)44(25)4)39-24-15-27(41-32(47)19-13-14-19)42-43-29(24)33(48)37-3/h7-12,15-16,19-20,25H,5-6,13-14,17-18H2,1-4H3,(H,37,48)(H2,39,41,42,47). The molecule has 4 radical (unpaired) electrons. The van der Waals surface area contributed by atoms with E-state index in [0.717, 1.165) is 47.5 Å². The number of nitrogens with zero attached hydrogens (tertiary/aromatic N) is 7. The van der Waals surface area contributed by atoms with Gasteiger partial charge in [0.2, 0.25) is 5.91 Å². The van der Waals surface area contributed by atoms with Gasteiger partial charge in [-0.25, -0.2) is 13.4 Å². The van der Waals surface area contributed by atoms with E-state index in [0.29, 0.717) is 18.8 Å². The third-order valence-corrected chi connectivity index (χ3v) is 11.6. The molecule has 14 nitrogen and oxygen atoms in total. The van der Waals surface area contributed by atoms with E-state index < -0.39 is 21.1 Å². The van der Waals surface area contributed by atoms with E-state index in [1.54, 1.807) is 25.1 Å². The Bertz CT molecular complexity index is 2130. The normalized spacial score (nSPS) is 17.6. The fourth-order valence-corrected chi connectivity index (χ4v) is 7.66. The van der Waals surface area contributed by atoms with Crippen LogP contribution >= 0.6 is 0 Å². The average molecular weight is 704 g/mol. The van der Waals surface area contributed by atoms with E-state index in [4.69, 9.17) is 20.8 Å². The van der Waals surface area contributed by atoms with Crippen LogP contribution in [0.4, 0.5) is 22.9 Å². The molecule has 2 fully saturated rings. The third kappa shape index (κ3) is 6.15. The molecule has 4 aromatic rings. The fraction of sp³-hybridized carbons (Fsp3) is 0.412. The number of anilines is 4. The summed E-state index contributed by atoms with van der Waals surface area (Å²) in [6.45, 7) is 4.66. The number of likely N-dealkylation sites (tertiary alicyclic amines) is 1. The fourth-order valence-electron chi connectivity index (χ4n) is 6.84. The van der Waals surface area contributed by atoms with Crippen molar-refractivity contribution in [2.45, 2.75) is 55.6 Å². The highest BCUT2D eigenvalue weighted by Crippen LogP contribution is 2.50. The number of benzene rings is 1. The summed E-state index contributed by atoms with van der Waals surface area (Å²) in [7, 11) is 13.2. The number of nitrogens with one attached hydrogen (secondary N) is 3. The summed E-state index contributed by atoms with van der Waals surface area (Å²) in [5.74, 6) is -0.357. The number of pyridine rings is 1. The van der Waals surface area contributed by atoms with Crippen LogP contribution in [-0.2, 0) is 20.0 Å². The summed E-state index contributed by atoms with van der Waals surface area (Å²) in [5.41, 5.74) is 5.45. The summed E-state index contributed by atoms with van der Waals surface area (Å²) < 4.78 is 27.0. The summed E-state index contributed by atoms with van der Waals surface area (Å²) in [4.78, 5) is 33.7. The molecule has 1 saturated heterocycles. The highest BCUT2D eigenvalue weighted by atomic mass is 32.2. The SMILES string of the molecule is [B]C([B])(c1cccc(S(=O)(=O)CC)n1)N1CC(n2ncc3c2C(CC)N(C)c2c(Nc4cc(NC(=O)C5CC5)nnc4C(=O)NC)cccc2-3)C1. The molecular formula is C34H38B2N10O4S. The van der Waals surface area contributed by atoms with Crippen LogP contribution in [-0.4, -0.2) is 98.7 Å². The molecule has 0 spiro atoms. The number of hydrogen-bond acceptors (Lipinski definition) is 11. The summed E-state index contributed by atoms with van der Waals surface area (Å²) >= 11 is 0. The van der Waals surface area contributed by atoms with E-state index in [2.05, 4.69) is 43.0 Å². The molecule has 2 aliphatic heterocycles. The van der Waals surface area contributed by atoms with Gasteiger partial charge in [-0.05, 0) is 42.8 Å². The van der Waals surface area contributed by atoms with Crippen LogP contribution in [0.1, 0.15) is 67.1 Å². The molecule has 1 aromatic carbocycles. The molecule has 3 aromatic heterocycles. The number of rotatable bonds is 11. The molecule has 17 heteroatoms. The second kappa shape index (κ2) is 13.1. The van der Waals surface area contributed by atoms with Crippen molar-refractivity contribution in [3.8, 4) is 11.1 Å². The van der Waals surface area contributed by atoms with Crippen molar-refractivity contribution in [3.63, 3.8) is 0 Å². The lowest BCUT2D eigenvalue weighted by Crippen LogP contribution is -2.60. The number of carbonyl (C=O) groups is 2. The molecular weight excluding hydrogens is 666 g/mol. The van der Waals surface area contributed by atoms with Crippen molar-refractivity contribution >= 4 is 60.2 Å². The van der Waals surface area contributed by atoms with Crippen LogP contribution in [0.3, 0.4) is 0 Å². The Hall–Kier alpha value is -4.76. The van der Waals surface area contributed by atoms with Crippen LogP contribution < -0.4 is 20.9 Å². The lowest BCUT2D eigenvalue weighted by Gasteiger charge is -2.50. The summed E-state index contributed by atoms with van der Waals surface area (Å²) in [6, 6.07) is 12.2. The Morgan fingerprint density at radius 1 is 1.02 bits per heavy atom. The maximum atomic E-state index is 12.8. The number of aromatic nitrogens is 5. The zero-order valence-corrected chi connectivity index (χ0v) is 29.7. The molecule has 51 heavy (non-hydrogen) atoms. The molecule has 1 atom stereocenters. The zero-order chi connectivity index (χ0) is 36.2. The first-order valence-corrected chi connectivity index (χ1v) is 18.7. The van der Waals surface area contributed by atoms with Crippen LogP contribution in [0.2, 0.25) is 0 Å². The lowest BCUT2D eigenvalue weighted by molar-refractivity contribution is -0.117. The molecule has 7 rings (SSSR count). The predicted molar refractivity (Wildman–Crippen MR) is 195 cm³/mol. The van der Waals surface area contributed by atoms with E-state index in [1.807, 2.05) is 41.0 Å². The molecule has 260 valence electrons. The second-order valence-electron chi connectivity index (χ2n) is 13.2. The molecule has 5 heterocycles. The molecule has 1 aliphatic carbocycles. The summed E-state index contributed by atoms with van der Waals surface area (Å²) in [6.07, 6.45) is 4.35. The Morgan fingerprint density at radius 3 is 2.45 bits per heavy atom. The summed E-state index contributed by atoms with van der Waals surface area (Å²) in [5, 5.41) is 20.5. The minimum Gasteiger partial charge on any atom is -0.364 e. The molecule has 3 N–H and O–H groups in total. The van der Waals surface area contributed by atoms with E-state index in [1.165, 1.54) is 13.1 Å². The van der Waals surface area contributed by atoms with E-state index in [9.17, 15) is 18.0 Å². The molecule has 0 bridgehead atoms. The number of hydrogen-bond donors (Lipinski definition) is 3. The second-order valence-corrected chi connectivity index (χ2v) is 15.5. The average Bonchev–Trinajstić information content (AvgIpc) is 3.88. The first-order valence-electron chi connectivity index (χ1n) is 17.0. The Kier molecular flexibility index (Phi) is 8.90. The van der Waals surface area contributed by atoms with E-state index in [-0.39, 0.29) is 51.9 Å². The predicted octanol–water partition coefficient (Wildman–Crippen LogP) is 2.89. The highest BCUT2D eigenvalue weighted by Gasteiger charge is 2.43.